The topological polar surface area (TPSA) is 40.6 Å². The predicted octanol–water partition coefficient (Wildman–Crippen LogP) is 3.97. The van der Waals surface area contributed by atoms with Crippen molar-refractivity contribution >= 4 is 23.2 Å². The van der Waals surface area contributed by atoms with Gasteiger partial charge in [-0.15, -0.1) is 11.3 Å². The van der Waals surface area contributed by atoms with Crippen molar-refractivity contribution in [2.45, 2.75) is 44.6 Å². The third kappa shape index (κ3) is 2.75. The molecule has 1 aromatic carbocycles. The number of fused-ring (bicyclic) bond motifs is 1. The Morgan fingerprint density at radius 3 is 2.63 bits per heavy atom. The molecule has 140 valence electrons. The van der Waals surface area contributed by atoms with E-state index in [1.54, 1.807) is 4.90 Å². The van der Waals surface area contributed by atoms with Gasteiger partial charge < -0.3 is 0 Å². The van der Waals surface area contributed by atoms with E-state index in [4.69, 9.17) is 0 Å². The molecule has 4 nitrogen and oxygen atoms in total. The lowest BCUT2D eigenvalue weighted by molar-refractivity contribution is -0.144. The van der Waals surface area contributed by atoms with Gasteiger partial charge >= 0.3 is 0 Å². The van der Waals surface area contributed by atoms with Crippen LogP contribution >= 0.6 is 11.3 Å². The molecule has 2 aliphatic heterocycles. The van der Waals surface area contributed by atoms with Gasteiger partial charge in [0.25, 0.3) is 0 Å². The first kappa shape index (κ1) is 17.1. The first-order chi connectivity index (χ1) is 13.2. The van der Waals surface area contributed by atoms with Crippen LogP contribution in [0.4, 0.5) is 0 Å². The Kier molecular flexibility index (Phi) is 4.17. The van der Waals surface area contributed by atoms with Crippen LogP contribution in [0.15, 0.2) is 41.8 Å². The zero-order chi connectivity index (χ0) is 18.4. The lowest BCUT2D eigenvalue weighted by Crippen LogP contribution is -2.46. The van der Waals surface area contributed by atoms with E-state index >= 15 is 0 Å². The number of nitrogens with zero attached hydrogens (tertiary/aromatic N) is 2. The van der Waals surface area contributed by atoms with Crippen LogP contribution in [0.2, 0.25) is 0 Å². The molecular formula is C22H24N2O2S. The zero-order valence-corrected chi connectivity index (χ0v) is 16.2. The van der Waals surface area contributed by atoms with Gasteiger partial charge in [0.05, 0.1) is 18.1 Å². The highest BCUT2D eigenvalue weighted by Crippen LogP contribution is 2.47. The summed E-state index contributed by atoms with van der Waals surface area (Å²) in [4.78, 5) is 31.2. The van der Waals surface area contributed by atoms with Crippen LogP contribution < -0.4 is 0 Å². The molecule has 1 aromatic heterocycles. The Hall–Kier alpha value is -1.98. The number of imide groups is 1. The molecule has 3 aliphatic rings. The number of hydrogen-bond donors (Lipinski definition) is 0. The molecule has 3 heterocycles. The fourth-order valence-electron chi connectivity index (χ4n) is 5.17. The van der Waals surface area contributed by atoms with E-state index in [2.05, 4.69) is 40.6 Å². The van der Waals surface area contributed by atoms with E-state index in [1.807, 2.05) is 17.4 Å². The number of rotatable bonds is 3. The summed E-state index contributed by atoms with van der Waals surface area (Å²) in [6.07, 6.45) is 5.30. The first-order valence-electron chi connectivity index (χ1n) is 9.88. The average Bonchev–Trinajstić information content (AvgIpc) is 3.39. The Labute approximate surface area is 163 Å². The van der Waals surface area contributed by atoms with Gasteiger partial charge in [-0.3, -0.25) is 19.4 Å². The largest absolute Gasteiger partial charge is 0.274 e. The van der Waals surface area contributed by atoms with Crippen LogP contribution in [0.3, 0.4) is 0 Å². The van der Waals surface area contributed by atoms with E-state index in [0.29, 0.717) is 13.1 Å². The third-order valence-electron chi connectivity index (χ3n) is 6.55. The Morgan fingerprint density at radius 2 is 1.85 bits per heavy atom. The minimum Gasteiger partial charge on any atom is -0.274 e. The van der Waals surface area contributed by atoms with E-state index < -0.39 is 0 Å². The van der Waals surface area contributed by atoms with E-state index in [1.165, 1.54) is 16.0 Å². The molecule has 2 amide bonds. The summed E-state index contributed by atoms with van der Waals surface area (Å²) >= 11 is 1.81. The second kappa shape index (κ2) is 6.57. The Bertz CT molecular complexity index is 869. The van der Waals surface area contributed by atoms with Crippen LogP contribution in [0.25, 0.3) is 0 Å². The van der Waals surface area contributed by atoms with Crippen LogP contribution in [0.5, 0.6) is 0 Å². The molecule has 5 heteroatoms. The van der Waals surface area contributed by atoms with Crippen molar-refractivity contribution in [3.8, 4) is 0 Å². The number of carbonyl (C=O) groups is 2. The number of amides is 2. The fraction of sp³-hybridized carbons (Fsp3) is 0.455. The second-order valence-corrected chi connectivity index (χ2v) is 9.11. The summed E-state index contributed by atoms with van der Waals surface area (Å²) in [6, 6.07) is 12.8. The monoisotopic (exact) mass is 380 g/mol. The molecule has 0 unspecified atom stereocenters. The molecule has 2 fully saturated rings. The quantitative estimate of drug-likeness (QED) is 0.757. The standard InChI is InChI=1S/C22H24N2O2S/c25-19-14-22(10-4-5-11-22)21(26)24(19)15-23-12-8-18-17(9-13-27-18)20(23)16-6-2-1-3-7-16/h1-3,6-7,9,13,20H,4-5,8,10-12,14-15H2/t20-/m0/s1. The van der Waals surface area contributed by atoms with E-state index in [9.17, 15) is 9.59 Å². The zero-order valence-electron chi connectivity index (χ0n) is 15.4. The molecule has 1 saturated carbocycles. The van der Waals surface area contributed by atoms with Crippen molar-refractivity contribution < 1.29 is 9.59 Å². The maximum atomic E-state index is 13.1. The van der Waals surface area contributed by atoms with Crippen molar-refractivity contribution in [3.63, 3.8) is 0 Å². The molecule has 5 rings (SSSR count). The molecule has 0 radical (unpaired) electrons. The molecule has 0 N–H and O–H groups in total. The average molecular weight is 381 g/mol. The highest BCUT2D eigenvalue weighted by atomic mass is 32.1. The van der Waals surface area contributed by atoms with Crippen molar-refractivity contribution in [2.75, 3.05) is 13.2 Å². The molecule has 1 atom stereocenters. The van der Waals surface area contributed by atoms with Gasteiger partial charge in [-0.1, -0.05) is 43.2 Å². The normalized spacial score (nSPS) is 24.7. The van der Waals surface area contributed by atoms with Crippen LogP contribution in [0, 0.1) is 5.41 Å². The third-order valence-corrected chi connectivity index (χ3v) is 7.55. The number of carbonyl (C=O) groups excluding carboxylic acids is 2. The summed E-state index contributed by atoms with van der Waals surface area (Å²) in [5.41, 5.74) is 2.17. The second-order valence-electron chi connectivity index (χ2n) is 8.11. The van der Waals surface area contributed by atoms with Crippen molar-refractivity contribution in [3.05, 3.63) is 57.8 Å². The van der Waals surface area contributed by atoms with Crippen molar-refractivity contribution in [2.24, 2.45) is 5.41 Å². The number of likely N-dealkylation sites (tertiary alicyclic amines) is 1. The number of benzene rings is 1. The maximum absolute atomic E-state index is 13.1. The highest BCUT2D eigenvalue weighted by Gasteiger charge is 2.53. The van der Waals surface area contributed by atoms with Gasteiger partial charge in [0, 0.05) is 17.8 Å². The molecule has 1 spiro atoms. The minimum absolute atomic E-state index is 0.0184. The van der Waals surface area contributed by atoms with Gasteiger partial charge in [0.1, 0.15) is 0 Å². The highest BCUT2D eigenvalue weighted by molar-refractivity contribution is 7.10. The molecule has 1 saturated heterocycles. The summed E-state index contributed by atoms with van der Waals surface area (Å²) < 4.78 is 0. The Balaban J connectivity index is 1.46. The fourth-order valence-corrected chi connectivity index (χ4v) is 6.08. The smallest absolute Gasteiger partial charge is 0.237 e. The Morgan fingerprint density at radius 1 is 1.07 bits per heavy atom. The maximum Gasteiger partial charge on any atom is 0.237 e. The summed E-state index contributed by atoms with van der Waals surface area (Å²) in [5.74, 6) is 0.0951. The molecule has 27 heavy (non-hydrogen) atoms. The van der Waals surface area contributed by atoms with Gasteiger partial charge in [-0.05, 0) is 41.8 Å². The number of hydrogen-bond acceptors (Lipinski definition) is 4. The molecule has 0 bridgehead atoms. The van der Waals surface area contributed by atoms with Gasteiger partial charge in [-0.2, -0.15) is 0 Å². The minimum atomic E-state index is -0.386. The summed E-state index contributed by atoms with van der Waals surface area (Å²) in [6.45, 7) is 1.28. The van der Waals surface area contributed by atoms with Crippen molar-refractivity contribution in [1.29, 1.82) is 0 Å². The SMILES string of the molecule is O=C1CC2(CCCC2)C(=O)N1CN1CCc2sccc2[C@@H]1c1ccccc1. The molecule has 1 aliphatic carbocycles. The summed E-state index contributed by atoms with van der Waals surface area (Å²) in [5, 5.41) is 2.16. The summed E-state index contributed by atoms with van der Waals surface area (Å²) in [7, 11) is 0. The lowest BCUT2D eigenvalue weighted by atomic mass is 9.84. The van der Waals surface area contributed by atoms with Gasteiger partial charge in [0.2, 0.25) is 11.8 Å². The van der Waals surface area contributed by atoms with Gasteiger partial charge in [-0.25, -0.2) is 0 Å². The first-order valence-corrected chi connectivity index (χ1v) is 10.8. The van der Waals surface area contributed by atoms with Crippen LogP contribution in [-0.2, 0) is 16.0 Å². The van der Waals surface area contributed by atoms with Crippen LogP contribution in [-0.4, -0.2) is 34.8 Å². The van der Waals surface area contributed by atoms with Crippen LogP contribution in [0.1, 0.15) is 54.1 Å². The predicted molar refractivity (Wildman–Crippen MR) is 105 cm³/mol. The number of thiophene rings is 1. The van der Waals surface area contributed by atoms with E-state index in [0.717, 1.165) is 38.6 Å². The van der Waals surface area contributed by atoms with Crippen molar-refractivity contribution in [1.82, 2.24) is 9.80 Å². The van der Waals surface area contributed by atoms with E-state index in [-0.39, 0.29) is 23.3 Å². The lowest BCUT2D eigenvalue weighted by Gasteiger charge is -2.38. The van der Waals surface area contributed by atoms with Gasteiger partial charge in [0.15, 0.2) is 0 Å². The molecule has 2 aromatic rings. The molecular weight excluding hydrogens is 356 g/mol.